The molecule has 0 spiro atoms. The van der Waals surface area contributed by atoms with Crippen LogP contribution in [0, 0.1) is 20.8 Å². The molecule has 1 amide bonds. The van der Waals surface area contributed by atoms with Gasteiger partial charge in [0.15, 0.2) is 11.0 Å². The molecule has 0 radical (unpaired) electrons. The number of hydrogen-bond donors (Lipinski definition) is 1. The molecule has 0 aliphatic carbocycles. The van der Waals surface area contributed by atoms with Crippen molar-refractivity contribution in [3.63, 3.8) is 0 Å². The van der Waals surface area contributed by atoms with Crippen molar-refractivity contribution in [1.29, 1.82) is 0 Å². The van der Waals surface area contributed by atoms with Crippen LogP contribution in [0.4, 0.5) is 5.69 Å². The first kappa shape index (κ1) is 22.9. The summed E-state index contributed by atoms with van der Waals surface area (Å²) in [5.74, 6) is 1.34. The Labute approximate surface area is 191 Å². The molecule has 1 N–H and O–H groups in total. The Kier molecular flexibility index (Phi) is 7.76. The molecule has 0 saturated heterocycles. The highest BCUT2D eigenvalue weighted by atomic mass is 35.5. The zero-order valence-electron chi connectivity index (χ0n) is 17.8. The van der Waals surface area contributed by atoms with Crippen molar-refractivity contribution < 1.29 is 9.53 Å². The summed E-state index contributed by atoms with van der Waals surface area (Å²) in [7, 11) is 0. The summed E-state index contributed by atoms with van der Waals surface area (Å²) in [5.41, 5.74) is 4.07. The number of thioether (sulfide) groups is 1. The Hall–Kier alpha value is -2.77. The minimum absolute atomic E-state index is 0.101. The molecule has 1 heterocycles. The second-order valence-electron chi connectivity index (χ2n) is 7.10. The number of hydrogen-bond acceptors (Lipinski definition) is 5. The van der Waals surface area contributed by atoms with E-state index in [-0.39, 0.29) is 18.3 Å². The number of aromatic nitrogens is 3. The van der Waals surface area contributed by atoms with Gasteiger partial charge in [0.2, 0.25) is 5.91 Å². The maximum absolute atomic E-state index is 12.5. The molecule has 0 fully saturated rings. The van der Waals surface area contributed by atoms with Gasteiger partial charge in [-0.25, -0.2) is 0 Å². The van der Waals surface area contributed by atoms with Gasteiger partial charge in [0.1, 0.15) is 12.4 Å². The zero-order chi connectivity index (χ0) is 22.4. The fraction of sp³-hybridized carbons (Fsp3) is 0.261. The molecule has 0 bridgehead atoms. The van der Waals surface area contributed by atoms with Crippen molar-refractivity contribution in [1.82, 2.24) is 14.8 Å². The van der Waals surface area contributed by atoms with Crippen LogP contribution in [-0.4, -0.2) is 26.4 Å². The smallest absolute Gasteiger partial charge is 0.234 e. The molecule has 2 aromatic carbocycles. The third-order valence-corrected chi connectivity index (χ3v) is 6.04. The number of allylic oxidation sites excluding steroid dienone is 1. The topological polar surface area (TPSA) is 69.0 Å². The van der Waals surface area contributed by atoms with Gasteiger partial charge < -0.3 is 10.1 Å². The van der Waals surface area contributed by atoms with Crippen LogP contribution < -0.4 is 10.1 Å². The van der Waals surface area contributed by atoms with Crippen LogP contribution in [0.25, 0.3) is 0 Å². The molecule has 0 aliphatic rings. The molecule has 31 heavy (non-hydrogen) atoms. The summed E-state index contributed by atoms with van der Waals surface area (Å²) < 4.78 is 7.74. The summed E-state index contributed by atoms with van der Waals surface area (Å²) >= 11 is 7.53. The van der Waals surface area contributed by atoms with Crippen LogP contribution in [0.1, 0.15) is 22.5 Å². The number of carbonyl (C=O) groups is 1. The molecule has 0 aliphatic heterocycles. The summed E-state index contributed by atoms with van der Waals surface area (Å²) in [6, 6.07) is 11.5. The van der Waals surface area contributed by atoms with Crippen molar-refractivity contribution in [3.05, 3.63) is 76.6 Å². The highest BCUT2D eigenvalue weighted by Gasteiger charge is 2.15. The second-order valence-corrected chi connectivity index (χ2v) is 8.45. The van der Waals surface area contributed by atoms with Crippen molar-refractivity contribution in [2.45, 2.75) is 39.1 Å². The van der Waals surface area contributed by atoms with Crippen LogP contribution in [0.5, 0.6) is 5.75 Å². The van der Waals surface area contributed by atoms with Gasteiger partial charge in [-0.2, -0.15) is 0 Å². The van der Waals surface area contributed by atoms with Crippen LogP contribution in [0.15, 0.2) is 54.2 Å². The lowest BCUT2D eigenvalue weighted by atomic mass is 10.1. The number of rotatable bonds is 9. The van der Waals surface area contributed by atoms with E-state index in [0.29, 0.717) is 28.3 Å². The van der Waals surface area contributed by atoms with E-state index < -0.39 is 0 Å². The molecule has 0 saturated carbocycles. The lowest BCUT2D eigenvalue weighted by Gasteiger charge is -2.11. The van der Waals surface area contributed by atoms with Crippen LogP contribution in [0.3, 0.4) is 0 Å². The Morgan fingerprint density at radius 3 is 2.84 bits per heavy atom. The normalized spacial score (nSPS) is 10.7. The third kappa shape index (κ3) is 5.89. The first-order valence-corrected chi connectivity index (χ1v) is 11.2. The third-order valence-electron chi connectivity index (χ3n) is 4.76. The number of anilines is 1. The predicted octanol–water partition coefficient (Wildman–Crippen LogP) is 5.35. The van der Waals surface area contributed by atoms with E-state index in [1.54, 1.807) is 12.1 Å². The molecule has 3 aromatic rings. The molecule has 3 rings (SSSR count). The molecule has 6 nitrogen and oxygen atoms in total. The SMILES string of the molecule is C=CCn1c(COc2cc(C)ccc2Cl)nnc1SCC(=O)Nc1cccc(C)c1C. The van der Waals surface area contributed by atoms with Crippen LogP contribution >= 0.6 is 23.4 Å². The highest BCUT2D eigenvalue weighted by molar-refractivity contribution is 7.99. The number of halogens is 1. The Balaban J connectivity index is 1.65. The minimum Gasteiger partial charge on any atom is -0.484 e. The van der Waals surface area contributed by atoms with Gasteiger partial charge in [0.25, 0.3) is 0 Å². The van der Waals surface area contributed by atoms with Gasteiger partial charge in [-0.15, -0.1) is 16.8 Å². The van der Waals surface area contributed by atoms with E-state index in [2.05, 4.69) is 22.1 Å². The summed E-state index contributed by atoms with van der Waals surface area (Å²) in [6.45, 7) is 10.5. The van der Waals surface area contributed by atoms with E-state index in [9.17, 15) is 4.79 Å². The Bertz CT molecular complexity index is 1100. The van der Waals surface area contributed by atoms with Gasteiger partial charge >= 0.3 is 0 Å². The maximum atomic E-state index is 12.5. The fourth-order valence-corrected chi connectivity index (χ4v) is 3.85. The average molecular weight is 457 g/mol. The molecule has 8 heteroatoms. The highest BCUT2D eigenvalue weighted by Crippen LogP contribution is 2.26. The van der Waals surface area contributed by atoms with Gasteiger partial charge in [-0.05, 0) is 55.7 Å². The number of amides is 1. The van der Waals surface area contributed by atoms with Crippen molar-refractivity contribution in [2.75, 3.05) is 11.1 Å². The standard InChI is InChI=1S/C23H25ClN4O2S/c1-5-11-28-21(13-30-20-12-15(2)9-10-18(20)24)26-27-23(28)31-14-22(29)25-19-8-6-7-16(3)17(19)4/h5-10,12H,1,11,13-14H2,2-4H3,(H,25,29). The van der Waals surface area contributed by atoms with Crippen molar-refractivity contribution in [3.8, 4) is 5.75 Å². The van der Waals surface area contributed by atoms with Crippen LogP contribution in [0.2, 0.25) is 5.02 Å². The number of benzene rings is 2. The maximum Gasteiger partial charge on any atom is 0.234 e. The summed E-state index contributed by atoms with van der Waals surface area (Å²) in [6.07, 6.45) is 1.76. The molecule has 162 valence electrons. The first-order chi connectivity index (χ1) is 14.9. The van der Waals surface area contributed by atoms with Gasteiger partial charge in [0, 0.05) is 12.2 Å². The fourth-order valence-electron chi connectivity index (χ4n) is 2.91. The van der Waals surface area contributed by atoms with E-state index in [1.807, 2.05) is 55.7 Å². The number of nitrogens with zero attached hydrogens (tertiary/aromatic N) is 3. The Morgan fingerprint density at radius 2 is 2.06 bits per heavy atom. The molecular formula is C23H25ClN4O2S. The second kappa shape index (κ2) is 10.5. The molecule has 0 atom stereocenters. The summed E-state index contributed by atoms with van der Waals surface area (Å²) in [4.78, 5) is 12.5. The van der Waals surface area contributed by atoms with E-state index in [0.717, 1.165) is 22.4 Å². The van der Waals surface area contributed by atoms with Gasteiger partial charge in [-0.3, -0.25) is 9.36 Å². The minimum atomic E-state index is -0.101. The van der Waals surface area contributed by atoms with Crippen molar-refractivity contribution >= 4 is 35.0 Å². The lowest BCUT2D eigenvalue weighted by molar-refractivity contribution is -0.113. The van der Waals surface area contributed by atoms with E-state index >= 15 is 0 Å². The number of aryl methyl sites for hydroxylation is 2. The van der Waals surface area contributed by atoms with E-state index in [1.165, 1.54) is 11.8 Å². The molecular weight excluding hydrogens is 432 g/mol. The quantitative estimate of drug-likeness (QED) is 0.347. The number of ether oxygens (including phenoxy) is 1. The molecule has 0 unspecified atom stereocenters. The Morgan fingerprint density at radius 1 is 1.26 bits per heavy atom. The van der Waals surface area contributed by atoms with E-state index in [4.69, 9.17) is 16.3 Å². The van der Waals surface area contributed by atoms with Crippen LogP contribution in [-0.2, 0) is 17.9 Å². The van der Waals surface area contributed by atoms with Gasteiger partial charge in [0.05, 0.1) is 10.8 Å². The van der Waals surface area contributed by atoms with Crippen molar-refractivity contribution in [2.24, 2.45) is 0 Å². The first-order valence-electron chi connectivity index (χ1n) is 9.80. The summed E-state index contributed by atoms with van der Waals surface area (Å²) in [5, 5.41) is 12.6. The molecule has 1 aromatic heterocycles. The zero-order valence-corrected chi connectivity index (χ0v) is 19.4. The van der Waals surface area contributed by atoms with Gasteiger partial charge in [-0.1, -0.05) is 47.6 Å². The largest absolute Gasteiger partial charge is 0.484 e. The average Bonchev–Trinajstić information content (AvgIpc) is 3.12. The monoisotopic (exact) mass is 456 g/mol. The number of carbonyl (C=O) groups excluding carboxylic acids is 1. The predicted molar refractivity (Wildman–Crippen MR) is 126 cm³/mol. The lowest BCUT2D eigenvalue weighted by Crippen LogP contribution is -2.16. The number of nitrogens with one attached hydrogen (secondary N) is 1.